The molecule has 1 fully saturated rings. The maximum absolute atomic E-state index is 12.3. The number of aryl methyl sites for hydroxylation is 1. The summed E-state index contributed by atoms with van der Waals surface area (Å²) in [5, 5.41) is 7.78. The van der Waals surface area contributed by atoms with Crippen molar-refractivity contribution in [3.8, 4) is 0 Å². The molecule has 1 aliphatic heterocycles. The topological polar surface area (TPSA) is 72.3 Å². The molecule has 1 amide bonds. The van der Waals surface area contributed by atoms with Crippen molar-refractivity contribution in [3.05, 3.63) is 12.2 Å². The minimum absolute atomic E-state index is 0.185. The maximum atomic E-state index is 12.3. The van der Waals surface area contributed by atoms with Crippen LogP contribution in [0.15, 0.2) is 6.33 Å². The van der Waals surface area contributed by atoms with Gasteiger partial charge >= 0.3 is 6.09 Å². The molecule has 2 rings (SSSR count). The number of carbonyl (C=O) groups excluding carboxylic acids is 1. The Kier molecular flexibility index (Phi) is 6.21. The van der Waals surface area contributed by atoms with Crippen molar-refractivity contribution in [3.63, 3.8) is 0 Å². The molecule has 1 aromatic rings. The molecule has 1 aliphatic rings. The lowest BCUT2D eigenvalue weighted by Gasteiger charge is -2.30. The second kappa shape index (κ2) is 7.96. The number of nitrogens with zero attached hydrogens (tertiary/aromatic N) is 4. The van der Waals surface area contributed by atoms with E-state index in [0.29, 0.717) is 6.04 Å². The van der Waals surface area contributed by atoms with Gasteiger partial charge in [0.1, 0.15) is 11.9 Å². The minimum atomic E-state index is -0.441. The Morgan fingerprint density at radius 1 is 1.50 bits per heavy atom. The molecule has 7 nitrogen and oxygen atoms in total. The van der Waals surface area contributed by atoms with Gasteiger partial charge in [0.15, 0.2) is 5.82 Å². The number of amides is 1. The summed E-state index contributed by atoms with van der Waals surface area (Å²) in [7, 11) is 1.87. The number of carbonyl (C=O) groups is 1. The summed E-state index contributed by atoms with van der Waals surface area (Å²) in [5.74, 6) is 0.855. The molecule has 2 atom stereocenters. The largest absolute Gasteiger partial charge is 0.444 e. The summed E-state index contributed by atoms with van der Waals surface area (Å²) in [4.78, 5) is 18.4. The highest BCUT2D eigenvalue weighted by atomic mass is 16.6. The van der Waals surface area contributed by atoms with Gasteiger partial charge < -0.3 is 15.0 Å². The maximum Gasteiger partial charge on any atom is 0.410 e. The quantitative estimate of drug-likeness (QED) is 0.861. The molecule has 2 heterocycles. The van der Waals surface area contributed by atoms with Gasteiger partial charge in [0, 0.05) is 38.6 Å². The van der Waals surface area contributed by atoms with Crippen LogP contribution >= 0.6 is 0 Å². The van der Waals surface area contributed by atoms with E-state index in [4.69, 9.17) is 4.74 Å². The molecule has 0 radical (unpaired) electrons. The van der Waals surface area contributed by atoms with Gasteiger partial charge in [-0.25, -0.2) is 9.78 Å². The third-order valence-corrected chi connectivity index (χ3v) is 4.12. The minimum Gasteiger partial charge on any atom is -0.444 e. The number of hydrogen-bond donors (Lipinski definition) is 1. The average Bonchev–Trinajstić information content (AvgIpc) is 3.06. The Hall–Kier alpha value is -1.63. The van der Waals surface area contributed by atoms with E-state index in [1.165, 1.54) is 0 Å². The van der Waals surface area contributed by atoms with E-state index in [-0.39, 0.29) is 12.1 Å². The van der Waals surface area contributed by atoms with Gasteiger partial charge in [-0.2, -0.15) is 5.10 Å². The number of ether oxygens (including phenoxy) is 1. The van der Waals surface area contributed by atoms with E-state index < -0.39 is 5.60 Å². The Balaban J connectivity index is 1.75. The smallest absolute Gasteiger partial charge is 0.410 e. The van der Waals surface area contributed by atoms with Crippen molar-refractivity contribution in [1.29, 1.82) is 0 Å². The van der Waals surface area contributed by atoms with Gasteiger partial charge in [-0.05, 0) is 47.0 Å². The highest BCUT2D eigenvalue weighted by Gasteiger charge is 2.32. The molecule has 0 saturated carbocycles. The standard InChI is InChI=1S/C17H31N5O2/c1-13(18-9-8-15-19-12-21(5)20-15)11-14-7-6-10-22(14)16(23)24-17(2,3)4/h12-14,18H,6-11H2,1-5H3. The van der Waals surface area contributed by atoms with Gasteiger partial charge in [-0.3, -0.25) is 4.68 Å². The summed E-state index contributed by atoms with van der Waals surface area (Å²) in [6.45, 7) is 9.52. The Morgan fingerprint density at radius 2 is 2.25 bits per heavy atom. The van der Waals surface area contributed by atoms with E-state index in [1.807, 2.05) is 32.7 Å². The monoisotopic (exact) mass is 337 g/mol. The molecule has 0 aromatic carbocycles. The lowest BCUT2D eigenvalue weighted by atomic mass is 10.1. The Labute approximate surface area is 144 Å². The first-order chi connectivity index (χ1) is 11.2. The molecule has 1 saturated heterocycles. The van der Waals surface area contributed by atoms with Crippen molar-refractivity contribution >= 4 is 6.09 Å². The van der Waals surface area contributed by atoms with Gasteiger partial charge in [0.2, 0.25) is 0 Å². The van der Waals surface area contributed by atoms with E-state index in [0.717, 1.165) is 44.6 Å². The number of rotatable bonds is 6. The van der Waals surface area contributed by atoms with Crippen LogP contribution in [0.5, 0.6) is 0 Å². The predicted molar refractivity (Wildman–Crippen MR) is 92.8 cm³/mol. The first-order valence-corrected chi connectivity index (χ1v) is 8.82. The molecule has 1 N–H and O–H groups in total. The summed E-state index contributed by atoms with van der Waals surface area (Å²) in [5.41, 5.74) is -0.441. The zero-order valence-corrected chi connectivity index (χ0v) is 15.6. The van der Waals surface area contributed by atoms with Crippen LogP contribution in [0.25, 0.3) is 0 Å². The third kappa shape index (κ3) is 5.78. The fourth-order valence-corrected chi connectivity index (χ4v) is 3.06. The third-order valence-electron chi connectivity index (χ3n) is 4.12. The van der Waals surface area contributed by atoms with Gasteiger partial charge in [-0.15, -0.1) is 0 Å². The number of aromatic nitrogens is 3. The molecular weight excluding hydrogens is 306 g/mol. The highest BCUT2D eigenvalue weighted by molar-refractivity contribution is 5.68. The zero-order valence-electron chi connectivity index (χ0n) is 15.6. The molecular formula is C17H31N5O2. The summed E-state index contributed by atoms with van der Waals surface area (Å²) in [6, 6.07) is 0.595. The van der Waals surface area contributed by atoms with Crippen LogP contribution in [0.1, 0.15) is 52.8 Å². The second-order valence-electron chi connectivity index (χ2n) is 7.65. The summed E-state index contributed by atoms with van der Waals surface area (Å²) in [6.07, 6.45) is 5.38. The molecule has 0 bridgehead atoms. The Bertz CT molecular complexity index is 537. The fraction of sp³-hybridized carbons (Fsp3) is 0.824. The predicted octanol–water partition coefficient (Wildman–Crippen LogP) is 2.13. The van der Waals surface area contributed by atoms with Crippen molar-refractivity contribution in [2.75, 3.05) is 13.1 Å². The van der Waals surface area contributed by atoms with Crippen LogP contribution in [0, 0.1) is 0 Å². The van der Waals surface area contributed by atoms with Crippen LogP contribution in [-0.4, -0.2) is 56.5 Å². The van der Waals surface area contributed by atoms with Gasteiger partial charge in [0.25, 0.3) is 0 Å². The van der Waals surface area contributed by atoms with Crippen LogP contribution in [0.2, 0.25) is 0 Å². The molecule has 24 heavy (non-hydrogen) atoms. The molecule has 7 heteroatoms. The van der Waals surface area contributed by atoms with Crippen LogP contribution in [0.3, 0.4) is 0 Å². The molecule has 0 spiro atoms. The average molecular weight is 337 g/mol. The molecule has 2 unspecified atom stereocenters. The highest BCUT2D eigenvalue weighted by Crippen LogP contribution is 2.24. The second-order valence-corrected chi connectivity index (χ2v) is 7.65. The molecule has 136 valence electrons. The van der Waals surface area contributed by atoms with Crippen molar-refractivity contribution in [2.45, 2.75) is 71.1 Å². The van der Waals surface area contributed by atoms with E-state index >= 15 is 0 Å². The van der Waals surface area contributed by atoms with Crippen LogP contribution < -0.4 is 5.32 Å². The van der Waals surface area contributed by atoms with E-state index in [9.17, 15) is 4.79 Å². The van der Waals surface area contributed by atoms with Crippen molar-refractivity contribution < 1.29 is 9.53 Å². The fourth-order valence-electron chi connectivity index (χ4n) is 3.06. The van der Waals surface area contributed by atoms with Crippen LogP contribution in [0.4, 0.5) is 4.79 Å². The first kappa shape index (κ1) is 18.7. The number of hydrogen-bond acceptors (Lipinski definition) is 5. The number of nitrogens with one attached hydrogen (secondary N) is 1. The summed E-state index contributed by atoms with van der Waals surface area (Å²) < 4.78 is 7.24. The number of likely N-dealkylation sites (tertiary alicyclic amines) is 1. The lowest BCUT2D eigenvalue weighted by molar-refractivity contribution is 0.0215. The summed E-state index contributed by atoms with van der Waals surface area (Å²) >= 11 is 0. The van der Waals surface area contributed by atoms with Gasteiger partial charge in [-0.1, -0.05) is 0 Å². The SMILES string of the molecule is CC(CC1CCCN1C(=O)OC(C)(C)C)NCCc1ncn(C)n1. The molecule has 1 aromatic heterocycles. The van der Waals surface area contributed by atoms with Gasteiger partial charge in [0.05, 0.1) is 0 Å². The zero-order chi connectivity index (χ0) is 17.7. The van der Waals surface area contributed by atoms with E-state index in [1.54, 1.807) is 11.0 Å². The van der Waals surface area contributed by atoms with E-state index in [2.05, 4.69) is 22.3 Å². The normalized spacial score (nSPS) is 19.5. The molecule has 0 aliphatic carbocycles. The van der Waals surface area contributed by atoms with Crippen LogP contribution in [-0.2, 0) is 18.2 Å². The van der Waals surface area contributed by atoms with Crippen molar-refractivity contribution in [1.82, 2.24) is 25.0 Å². The lowest BCUT2D eigenvalue weighted by Crippen LogP contribution is -2.42. The Morgan fingerprint density at radius 3 is 2.88 bits per heavy atom. The first-order valence-electron chi connectivity index (χ1n) is 8.82. The van der Waals surface area contributed by atoms with Crippen molar-refractivity contribution in [2.24, 2.45) is 7.05 Å².